The number of nitrogens with zero attached hydrogens (tertiary/aromatic N) is 2. The number of rotatable bonds is 10. The monoisotopic (exact) mass is 346 g/mol. The fourth-order valence-electron chi connectivity index (χ4n) is 1.66. The van der Waals surface area contributed by atoms with Crippen LogP contribution in [0.5, 0.6) is 0 Å². The second kappa shape index (κ2) is 10.3. The number of carbonyl (C=O) groups excluding carboxylic acids is 1. The van der Waals surface area contributed by atoms with Crippen LogP contribution in [0.4, 0.5) is 5.82 Å². The van der Waals surface area contributed by atoms with Crippen molar-refractivity contribution in [2.24, 2.45) is 5.73 Å². The highest BCUT2D eigenvalue weighted by atomic mass is 35.5. The van der Waals surface area contributed by atoms with Crippen molar-refractivity contribution in [1.29, 1.82) is 0 Å². The quantitative estimate of drug-likeness (QED) is 0.266. The van der Waals surface area contributed by atoms with E-state index in [1.54, 1.807) is 6.92 Å². The molecule has 10 heteroatoms. The van der Waals surface area contributed by atoms with E-state index < -0.39 is 12.3 Å². The zero-order valence-electron chi connectivity index (χ0n) is 13.4. The summed E-state index contributed by atoms with van der Waals surface area (Å²) in [4.78, 5) is 19.6. The van der Waals surface area contributed by atoms with Gasteiger partial charge in [-0.1, -0.05) is 0 Å². The van der Waals surface area contributed by atoms with Gasteiger partial charge in [0.15, 0.2) is 6.35 Å². The van der Waals surface area contributed by atoms with E-state index in [4.69, 9.17) is 26.8 Å². The van der Waals surface area contributed by atoms with Crippen molar-refractivity contribution in [3.8, 4) is 0 Å². The Hall–Kier alpha value is -1.52. The van der Waals surface area contributed by atoms with Crippen molar-refractivity contribution in [2.45, 2.75) is 26.2 Å². The Morgan fingerprint density at radius 3 is 2.91 bits per heavy atom. The van der Waals surface area contributed by atoms with Crippen LogP contribution in [-0.4, -0.2) is 55.3 Å². The number of aromatic nitrogens is 2. The van der Waals surface area contributed by atoms with Crippen LogP contribution >= 0.6 is 11.6 Å². The van der Waals surface area contributed by atoms with Crippen LogP contribution in [-0.2, 0) is 9.47 Å². The van der Waals surface area contributed by atoms with Gasteiger partial charge in [0.25, 0.3) is 0 Å². The highest BCUT2D eigenvalue weighted by Crippen LogP contribution is 2.15. The van der Waals surface area contributed by atoms with Crippen LogP contribution in [0.1, 0.15) is 24.2 Å². The predicted octanol–water partition coefficient (Wildman–Crippen LogP) is 0.133. The van der Waals surface area contributed by atoms with Crippen LogP contribution in [0.3, 0.4) is 0 Å². The molecule has 2 atom stereocenters. The zero-order chi connectivity index (χ0) is 17.2. The Morgan fingerprint density at radius 2 is 2.26 bits per heavy atom. The summed E-state index contributed by atoms with van der Waals surface area (Å²) in [6, 6.07) is 0.218. The first-order valence-electron chi connectivity index (χ1n) is 7.19. The van der Waals surface area contributed by atoms with Crippen LogP contribution < -0.4 is 21.7 Å². The van der Waals surface area contributed by atoms with Crippen molar-refractivity contribution in [1.82, 2.24) is 20.6 Å². The number of hydrogen-bond acceptors (Lipinski definition) is 9. The molecule has 23 heavy (non-hydrogen) atoms. The molecule has 0 saturated heterocycles. The molecule has 1 aromatic heterocycles. The molecule has 5 N–H and O–H groups in total. The minimum Gasteiger partial charge on any atom is -0.462 e. The average molecular weight is 347 g/mol. The van der Waals surface area contributed by atoms with Crippen LogP contribution in [0.2, 0.25) is 5.28 Å². The van der Waals surface area contributed by atoms with Gasteiger partial charge in [-0.15, -0.1) is 0 Å². The van der Waals surface area contributed by atoms with Gasteiger partial charge in [-0.25, -0.2) is 9.78 Å². The number of ether oxygens (including phenoxy) is 2. The molecule has 0 aliphatic rings. The summed E-state index contributed by atoms with van der Waals surface area (Å²) in [5.41, 5.74) is 5.95. The number of nitrogens with two attached hydrogens (primary N) is 1. The Labute approximate surface area is 140 Å². The average Bonchev–Trinajstić information content (AvgIpc) is 2.47. The Balaban J connectivity index is 2.61. The smallest absolute Gasteiger partial charge is 0.343 e. The van der Waals surface area contributed by atoms with E-state index in [1.807, 2.05) is 14.0 Å². The lowest BCUT2D eigenvalue weighted by Gasteiger charge is -2.19. The maximum atomic E-state index is 11.8. The summed E-state index contributed by atoms with van der Waals surface area (Å²) in [6.45, 7) is 4.96. The molecular weight excluding hydrogens is 324 g/mol. The molecular formula is C13H23ClN6O3. The number of hydrogen-bond donors (Lipinski definition) is 4. The summed E-state index contributed by atoms with van der Waals surface area (Å²) >= 11 is 5.75. The Morgan fingerprint density at radius 1 is 1.52 bits per heavy atom. The lowest BCUT2D eigenvalue weighted by atomic mass is 10.3. The van der Waals surface area contributed by atoms with Gasteiger partial charge in [-0.3, -0.25) is 11.1 Å². The first-order chi connectivity index (χ1) is 11.0. The number of esters is 1. The lowest BCUT2D eigenvalue weighted by Crippen LogP contribution is -2.41. The van der Waals surface area contributed by atoms with E-state index in [2.05, 4.69) is 25.9 Å². The second-order valence-electron chi connectivity index (χ2n) is 4.66. The largest absolute Gasteiger partial charge is 0.462 e. The van der Waals surface area contributed by atoms with Crippen LogP contribution in [0.25, 0.3) is 0 Å². The summed E-state index contributed by atoms with van der Waals surface area (Å²) in [7, 11) is 1.86. The van der Waals surface area contributed by atoms with Gasteiger partial charge in [-0.05, 0) is 32.5 Å². The first kappa shape index (κ1) is 19.5. The highest BCUT2D eigenvalue weighted by molar-refractivity contribution is 6.28. The second-order valence-corrected chi connectivity index (χ2v) is 5.00. The molecule has 0 radical (unpaired) electrons. The topological polar surface area (TPSA) is 123 Å². The number of carbonyl (C=O) groups is 1. The van der Waals surface area contributed by atoms with Gasteiger partial charge in [0, 0.05) is 18.8 Å². The van der Waals surface area contributed by atoms with Crippen molar-refractivity contribution < 1.29 is 14.3 Å². The molecule has 0 aliphatic heterocycles. The fraction of sp³-hybridized carbons (Fsp3) is 0.615. The molecule has 0 aromatic carbocycles. The van der Waals surface area contributed by atoms with Crippen molar-refractivity contribution in [3.63, 3.8) is 0 Å². The molecule has 9 nitrogen and oxygen atoms in total. The summed E-state index contributed by atoms with van der Waals surface area (Å²) in [5, 5.41) is 8.89. The maximum absolute atomic E-state index is 11.8. The number of anilines is 1. The van der Waals surface area contributed by atoms with Crippen molar-refractivity contribution >= 4 is 23.4 Å². The normalized spacial score (nSPS) is 13.4. The number of halogens is 1. The lowest BCUT2D eigenvalue weighted by molar-refractivity contribution is 0.0520. The van der Waals surface area contributed by atoms with E-state index in [0.717, 1.165) is 6.54 Å². The Kier molecular flexibility index (Phi) is 8.74. The third-order valence-corrected chi connectivity index (χ3v) is 2.92. The molecule has 130 valence electrons. The third kappa shape index (κ3) is 7.06. The van der Waals surface area contributed by atoms with Gasteiger partial charge in [0.2, 0.25) is 5.28 Å². The number of nitrogens with one attached hydrogen (secondary N) is 3. The first-order valence-corrected chi connectivity index (χ1v) is 7.57. The zero-order valence-corrected chi connectivity index (χ0v) is 14.2. The molecule has 1 aromatic rings. The minimum atomic E-state index is -0.886. The van der Waals surface area contributed by atoms with E-state index in [1.165, 1.54) is 6.20 Å². The third-order valence-electron chi connectivity index (χ3n) is 2.74. The summed E-state index contributed by atoms with van der Waals surface area (Å²) in [6.07, 6.45) is 0.388. The summed E-state index contributed by atoms with van der Waals surface area (Å²) < 4.78 is 10.3. The minimum absolute atomic E-state index is 0.0199. The van der Waals surface area contributed by atoms with E-state index in [-0.39, 0.29) is 36.0 Å². The van der Waals surface area contributed by atoms with Gasteiger partial charge in [0.1, 0.15) is 18.1 Å². The van der Waals surface area contributed by atoms with Crippen molar-refractivity contribution in [2.75, 3.05) is 32.2 Å². The van der Waals surface area contributed by atoms with Crippen LogP contribution in [0, 0.1) is 0 Å². The molecule has 0 saturated carbocycles. The standard InChI is InChI=1S/C13H23ClN6O3/c1-4-22-11(21)9-6-17-12(14)19-10(9)20-13(15)23-7-18-8(2)5-16-3/h6,8,13,16,18H,4-5,7,15H2,1-3H3,(H,17,19,20)/t8-,13?/m1/s1. The molecule has 0 bridgehead atoms. The molecule has 0 amide bonds. The van der Waals surface area contributed by atoms with E-state index >= 15 is 0 Å². The molecule has 1 rings (SSSR count). The summed E-state index contributed by atoms with van der Waals surface area (Å²) in [5.74, 6) is -0.418. The van der Waals surface area contributed by atoms with E-state index in [9.17, 15) is 4.79 Å². The van der Waals surface area contributed by atoms with Gasteiger partial charge in [-0.2, -0.15) is 4.98 Å². The van der Waals surface area contributed by atoms with Gasteiger partial charge >= 0.3 is 5.97 Å². The molecule has 0 spiro atoms. The van der Waals surface area contributed by atoms with E-state index in [0.29, 0.717) is 0 Å². The van der Waals surface area contributed by atoms with Gasteiger partial charge in [0.05, 0.1) is 6.61 Å². The fourth-order valence-corrected chi connectivity index (χ4v) is 1.80. The SMILES string of the molecule is CCOC(=O)c1cnc(Cl)nc1NC(N)OCN[C@H](C)CNC. The maximum Gasteiger partial charge on any atom is 0.343 e. The van der Waals surface area contributed by atoms with Crippen LogP contribution in [0.15, 0.2) is 6.20 Å². The number of likely N-dealkylation sites (N-methyl/N-ethyl adjacent to an activating group) is 1. The van der Waals surface area contributed by atoms with Crippen molar-refractivity contribution in [3.05, 3.63) is 17.0 Å². The molecule has 0 fully saturated rings. The molecule has 0 aliphatic carbocycles. The highest BCUT2D eigenvalue weighted by Gasteiger charge is 2.17. The molecule has 1 heterocycles. The van der Waals surface area contributed by atoms with Gasteiger partial charge < -0.3 is 20.1 Å². The Bertz CT molecular complexity index is 505. The molecule has 1 unspecified atom stereocenters. The predicted molar refractivity (Wildman–Crippen MR) is 87.1 cm³/mol.